The summed E-state index contributed by atoms with van der Waals surface area (Å²) in [5, 5.41) is 11.6. The number of alkyl carbamates (subject to hydrolysis) is 1. The smallest absolute Gasteiger partial charge is 0.407 e. The second-order valence-corrected chi connectivity index (χ2v) is 7.18. The van der Waals surface area contributed by atoms with Gasteiger partial charge in [-0.15, -0.1) is 0 Å². The van der Waals surface area contributed by atoms with E-state index in [1.807, 2.05) is 26.8 Å². The van der Waals surface area contributed by atoms with Gasteiger partial charge in [-0.2, -0.15) is 0 Å². The van der Waals surface area contributed by atoms with Crippen LogP contribution in [0.2, 0.25) is 0 Å². The van der Waals surface area contributed by atoms with Crippen LogP contribution >= 0.6 is 0 Å². The number of aliphatic carboxylic acids is 1. The van der Waals surface area contributed by atoms with Gasteiger partial charge in [0.05, 0.1) is 13.0 Å². The maximum absolute atomic E-state index is 11.5. The van der Waals surface area contributed by atoms with Crippen molar-refractivity contribution in [1.29, 1.82) is 0 Å². The Balaban J connectivity index is 2.23. The molecule has 2 N–H and O–H groups in total. The molecule has 0 heterocycles. The Kier molecular flexibility index (Phi) is 8.25. The van der Waals surface area contributed by atoms with Gasteiger partial charge < -0.3 is 19.9 Å². The number of carbonyl (C=O) groups excluding carboxylic acids is 1. The lowest BCUT2D eigenvalue weighted by molar-refractivity contribution is -0.136. The summed E-state index contributed by atoms with van der Waals surface area (Å²) in [6.45, 7) is 8.70. The number of ether oxygens (including phenoxy) is 2. The van der Waals surface area contributed by atoms with Crippen LogP contribution in [0, 0.1) is 5.92 Å². The van der Waals surface area contributed by atoms with Crippen molar-refractivity contribution < 1.29 is 24.2 Å². The highest BCUT2D eigenvalue weighted by Gasteiger charge is 2.15. The van der Waals surface area contributed by atoms with E-state index in [0.717, 1.165) is 18.4 Å². The molecule has 1 aromatic rings. The van der Waals surface area contributed by atoms with E-state index < -0.39 is 17.7 Å². The first-order chi connectivity index (χ1) is 11.7. The largest absolute Gasteiger partial charge is 0.494 e. The molecule has 0 aromatic heterocycles. The lowest BCUT2D eigenvalue weighted by Crippen LogP contribution is -2.33. The minimum atomic E-state index is -0.858. The van der Waals surface area contributed by atoms with Crippen LogP contribution in [0.5, 0.6) is 5.75 Å². The van der Waals surface area contributed by atoms with Crippen molar-refractivity contribution in [2.75, 3.05) is 13.2 Å². The normalized spacial score (nSPS) is 12.3. The zero-order chi connectivity index (χ0) is 18.9. The molecule has 0 aliphatic carbocycles. The molecule has 6 nitrogen and oxygen atoms in total. The second-order valence-electron chi connectivity index (χ2n) is 7.18. The third kappa shape index (κ3) is 10.3. The summed E-state index contributed by atoms with van der Waals surface area (Å²) in [6, 6.07) is 7.14. The van der Waals surface area contributed by atoms with E-state index in [4.69, 9.17) is 14.6 Å². The molecule has 0 spiro atoms. The predicted octanol–water partition coefficient (Wildman–Crippen LogP) is 3.63. The topological polar surface area (TPSA) is 84.9 Å². The van der Waals surface area contributed by atoms with Crippen LogP contribution in [0.3, 0.4) is 0 Å². The molecule has 1 aromatic carbocycles. The summed E-state index contributed by atoms with van der Waals surface area (Å²) < 4.78 is 10.9. The zero-order valence-corrected chi connectivity index (χ0v) is 15.5. The van der Waals surface area contributed by atoms with Crippen molar-refractivity contribution in [3.63, 3.8) is 0 Å². The summed E-state index contributed by atoms with van der Waals surface area (Å²) in [5.41, 5.74) is 0.234. The minimum Gasteiger partial charge on any atom is -0.494 e. The van der Waals surface area contributed by atoms with E-state index in [1.165, 1.54) is 0 Å². The fraction of sp³-hybridized carbons (Fsp3) is 0.579. The number of hydrogen-bond donors (Lipinski definition) is 2. The van der Waals surface area contributed by atoms with Crippen LogP contribution in [0.25, 0.3) is 0 Å². The summed E-state index contributed by atoms with van der Waals surface area (Å²) in [4.78, 5) is 22.3. The maximum atomic E-state index is 11.5. The van der Waals surface area contributed by atoms with Crippen LogP contribution in [0.1, 0.15) is 46.1 Å². The number of amides is 1. The molecule has 1 atom stereocenters. The SMILES string of the molecule is CC(CCNC(=O)OC(C)(C)C)CCOc1cccc(CC(=O)O)c1. The molecule has 0 bridgehead atoms. The Labute approximate surface area is 149 Å². The molecular weight excluding hydrogens is 322 g/mol. The lowest BCUT2D eigenvalue weighted by atomic mass is 10.0. The van der Waals surface area contributed by atoms with Gasteiger partial charge in [0.1, 0.15) is 11.4 Å². The first kappa shape index (κ1) is 20.8. The zero-order valence-electron chi connectivity index (χ0n) is 15.5. The van der Waals surface area contributed by atoms with E-state index in [-0.39, 0.29) is 6.42 Å². The Morgan fingerprint density at radius 2 is 1.96 bits per heavy atom. The van der Waals surface area contributed by atoms with E-state index in [0.29, 0.717) is 24.8 Å². The molecule has 1 unspecified atom stereocenters. The third-order valence-electron chi connectivity index (χ3n) is 3.44. The Morgan fingerprint density at radius 3 is 2.60 bits per heavy atom. The molecule has 1 rings (SSSR count). The average Bonchev–Trinajstić information content (AvgIpc) is 2.45. The van der Waals surface area contributed by atoms with Crippen LogP contribution in [0.4, 0.5) is 4.79 Å². The number of nitrogens with one attached hydrogen (secondary N) is 1. The van der Waals surface area contributed by atoms with Gasteiger partial charge in [-0.3, -0.25) is 4.79 Å². The Bertz CT molecular complexity index is 565. The van der Waals surface area contributed by atoms with Gasteiger partial charge in [-0.1, -0.05) is 19.1 Å². The first-order valence-electron chi connectivity index (χ1n) is 8.56. The fourth-order valence-corrected chi connectivity index (χ4v) is 2.18. The molecule has 0 aliphatic rings. The quantitative estimate of drug-likeness (QED) is 0.709. The van der Waals surface area contributed by atoms with E-state index in [2.05, 4.69) is 12.2 Å². The molecule has 0 saturated carbocycles. The van der Waals surface area contributed by atoms with Gasteiger partial charge in [0, 0.05) is 6.54 Å². The van der Waals surface area contributed by atoms with Crippen molar-refractivity contribution in [2.24, 2.45) is 5.92 Å². The molecule has 0 radical (unpaired) electrons. The highest BCUT2D eigenvalue weighted by molar-refractivity contribution is 5.70. The minimum absolute atomic E-state index is 0.00998. The lowest BCUT2D eigenvalue weighted by Gasteiger charge is -2.20. The number of carboxylic acid groups (broad SMARTS) is 1. The average molecular weight is 351 g/mol. The van der Waals surface area contributed by atoms with Crippen molar-refractivity contribution in [1.82, 2.24) is 5.32 Å². The molecule has 0 saturated heterocycles. The molecule has 0 aliphatic heterocycles. The van der Waals surface area contributed by atoms with Gasteiger partial charge in [0.2, 0.25) is 0 Å². The van der Waals surface area contributed by atoms with Crippen LogP contribution < -0.4 is 10.1 Å². The summed E-state index contributed by atoms with van der Waals surface area (Å²) in [7, 11) is 0. The van der Waals surface area contributed by atoms with Crippen LogP contribution in [0.15, 0.2) is 24.3 Å². The van der Waals surface area contributed by atoms with Gasteiger partial charge >= 0.3 is 12.1 Å². The molecule has 25 heavy (non-hydrogen) atoms. The Hall–Kier alpha value is -2.24. The number of carboxylic acids is 1. The standard InChI is InChI=1S/C19H29NO5/c1-14(8-10-20-18(23)25-19(2,3)4)9-11-24-16-7-5-6-15(12-16)13-17(21)22/h5-7,12,14H,8-11,13H2,1-4H3,(H,20,23)(H,21,22). The van der Waals surface area contributed by atoms with Crippen molar-refractivity contribution >= 4 is 12.1 Å². The molecule has 0 fully saturated rings. The molecule has 1 amide bonds. The van der Waals surface area contributed by atoms with Gasteiger partial charge in [0.25, 0.3) is 0 Å². The van der Waals surface area contributed by atoms with Crippen molar-refractivity contribution in [3.8, 4) is 5.75 Å². The predicted molar refractivity (Wildman–Crippen MR) is 95.9 cm³/mol. The van der Waals surface area contributed by atoms with Crippen LogP contribution in [-0.2, 0) is 16.0 Å². The highest BCUT2D eigenvalue weighted by Crippen LogP contribution is 2.15. The monoisotopic (exact) mass is 351 g/mol. The number of carbonyl (C=O) groups is 2. The molecular formula is C19H29NO5. The fourth-order valence-electron chi connectivity index (χ4n) is 2.18. The molecule has 6 heteroatoms. The molecule has 140 valence electrons. The highest BCUT2D eigenvalue weighted by atomic mass is 16.6. The van der Waals surface area contributed by atoms with Gasteiger partial charge in [-0.05, 0) is 57.2 Å². The first-order valence-corrected chi connectivity index (χ1v) is 8.56. The number of hydrogen-bond acceptors (Lipinski definition) is 4. The van der Waals surface area contributed by atoms with Gasteiger partial charge in [-0.25, -0.2) is 4.79 Å². The van der Waals surface area contributed by atoms with E-state index in [1.54, 1.807) is 18.2 Å². The van der Waals surface area contributed by atoms with E-state index >= 15 is 0 Å². The Morgan fingerprint density at radius 1 is 1.24 bits per heavy atom. The summed E-state index contributed by atoms with van der Waals surface area (Å²) in [6.07, 6.45) is 1.27. The maximum Gasteiger partial charge on any atom is 0.407 e. The van der Waals surface area contributed by atoms with Crippen molar-refractivity contribution in [3.05, 3.63) is 29.8 Å². The third-order valence-corrected chi connectivity index (χ3v) is 3.44. The second kappa shape index (κ2) is 9.91. The van der Waals surface area contributed by atoms with Crippen LogP contribution in [-0.4, -0.2) is 35.9 Å². The number of rotatable bonds is 9. The van der Waals surface area contributed by atoms with E-state index in [9.17, 15) is 9.59 Å². The van der Waals surface area contributed by atoms with Gasteiger partial charge in [0.15, 0.2) is 0 Å². The number of benzene rings is 1. The van der Waals surface area contributed by atoms with Crippen molar-refractivity contribution in [2.45, 2.75) is 52.6 Å². The summed E-state index contributed by atoms with van der Waals surface area (Å²) in [5.74, 6) is 0.207. The summed E-state index contributed by atoms with van der Waals surface area (Å²) >= 11 is 0.